The summed E-state index contributed by atoms with van der Waals surface area (Å²) >= 11 is 0. The average Bonchev–Trinajstić information content (AvgIpc) is 2.65. The highest BCUT2D eigenvalue weighted by molar-refractivity contribution is 6.00. The minimum atomic E-state index is -0.141. The molecule has 3 nitrogen and oxygen atoms in total. The van der Waals surface area contributed by atoms with Crippen molar-refractivity contribution in [1.82, 2.24) is 0 Å². The molecule has 1 aliphatic heterocycles. The molecule has 0 radical (unpaired) electrons. The highest BCUT2D eigenvalue weighted by Gasteiger charge is 2.20. The molecular formula is C21H24O3. The van der Waals surface area contributed by atoms with Crippen LogP contribution in [0.5, 0.6) is 5.75 Å². The average molecular weight is 324 g/mol. The van der Waals surface area contributed by atoms with Crippen molar-refractivity contribution in [1.29, 1.82) is 0 Å². The zero-order chi connectivity index (χ0) is 16.8. The summed E-state index contributed by atoms with van der Waals surface area (Å²) in [5.74, 6) is 0.849. The maximum Gasteiger partial charge on any atom is 0.199 e. The van der Waals surface area contributed by atoms with Crippen molar-refractivity contribution in [3.8, 4) is 5.75 Å². The first-order valence-electron chi connectivity index (χ1n) is 8.75. The third-order valence-corrected chi connectivity index (χ3v) is 4.47. The van der Waals surface area contributed by atoms with E-state index in [4.69, 9.17) is 9.47 Å². The molecule has 1 saturated heterocycles. The molecule has 2 aromatic carbocycles. The van der Waals surface area contributed by atoms with Gasteiger partial charge in [0.05, 0.1) is 6.61 Å². The Morgan fingerprint density at radius 2 is 1.88 bits per heavy atom. The van der Waals surface area contributed by atoms with Gasteiger partial charge in [-0.05, 0) is 37.0 Å². The van der Waals surface area contributed by atoms with Gasteiger partial charge in [0, 0.05) is 17.9 Å². The maximum atomic E-state index is 12.7. The third kappa shape index (κ3) is 4.04. The lowest BCUT2D eigenvalue weighted by Gasteiger charge is -2.23. The number of Topliss-reactive ketones (excluding diaryl/α,β-unsaturated/α-hetero) is 1. The lowest BCUT2D eigenvalue weighted by atomic mass is 9.88. The van der Waals surface area contributed by atoms with E-state index in [0.717, 1.165) is 49.2 Å². The molecule has 0 aromatic heterocycles. The van der Waals surface area contributed by atoms with Crippen LogP contribution in [0.3, 0.4) is 0 Å². The van der Waals surface area contributed by atoms with Crippen LogP contribution in [0.15, 0.2) is 54.6 Å². The second-order valence-electron chi connectivity index (χ2n) is 6.17. The lowest BCUT2D eigenvalue weighted by molar-refractivity contribution is -0.105. The van der Waals surface area contributed by atoms with Gasteiger partial charge in [-0.2, -0.15) is 0 Å². The molecule has 3 rings (SSSR count). The van der Waals surface area contributed by atoms with Gasteiger partial charge in [0.25, 0.3) is 0 Å². The molecule has 0 amide bonds. The van der Waals surface area contributed by atoms with Crippen molar-refractivity contribution in [2.24, 2.45) is 0 Å². The van der Waals surface area contributed by atoms with Crippen LogP contribution < -0.4 is 4.74 Å². The zero-order valence-electron chi connectivity index (χ0n) is 14.1. The molecule has 0 bridgehead atoms. The van der Waals surface area contributed by atoms with E-state index < -0.39 is 0 Å². The van der Waals surface area contributed by atoms with Gasteiger partial charge >= 0.3 is 0 Å². The first-order valence-corrected chi connectivity index (χ1v) is 8.75. The number of hydrogen-bond acceptors (Lipinski definition) is 3. The molecule has 2 atom stereocenters. The number of benzene rings is 2. The third-order valence-electron chi connectivity index (χ3n) is 4.47. The number of hydrogen-bond donors (Lipinski definition) is 0. The van der Waals surface area contributed by atoms with Gasteiger partial charge in [0.15, 0.2) is 12.1 Å². The number of carbonyl (C=O) groups is 1. The van der Waals surface area contributed by atoms with Crippen LogP contribution in [-0.4, -0.2) is 18.7 Å². The molecule has 1 heterocycles. The van der Waals surface area contributed by atoms with Crippen molar-refractivity contribution >= 4 is 5.78 Å². The van der Waals surface area contributed by atoms with Gasteiger partial charge in [0.1, 0.15) is 5.75 Å². The van der Waals surface area contributed by atoms with E-state index in [1.165, 1.54) is 0 Å². The van der Waals surface area contributed by atoms with Crippen molar-refractivity contribution in [3.05, 3.63) is 65.7 Å². The van der Waals surface area contributed by atoms with Crippen LogP contribution in [0.25, 0.3) is 0 Å². The standard InChI is InChI=1S/C21H24O3/c1-2-19(21(22)17-8-4-3-5-9-17)16-11-13-18(14-12-16)24-20-10-6-7-15-23-20/h3-5,8-9,11-14,19-20H,2,6-7,10,15H2,1H3/t19-,20+/m1/s1. The SMILES string of the molecule is CC[C@@H](C(=O)c1ccccc1)c1ccc(O[C@H]2CCCCO2)cc1. The van der Waals surface area contributed by atoms with Crippen LogP contribution in [0.1, 0.15) is 54.4 Å². The fraction of sp³-hybridized carbons (Fsp3) is 0.381. The van der Waals surface area contributed by atoms with E-state index in [0.29, 0.717) is 0 Å². The van der Waals surface area contributed by atoms with Gasteiger partial charge in [-0.15, -0.1) is 0 Å². The summed E-state index contributed by atoms with van der Waals surface area (Å²) in [7, 11) is 0. The Kier molecular flexibility index (Phi) is 5.65. The summed E-state index contributed by atoms with van der Waals surface area (Å²) in [6, 6.07) is 17.4. The van der Waals surface area contributed by atoms with E-state index in [1.54, 1.807) is 0 Å². The highest BCUT2D eigenvalue weighted by atomic mass is 16.7. The molecule has 1 fully saturated rings. The molecule has 0 unspecified atom stereocenters. The quantitative estimate of drug-likeness (QED) is 0.704. The molecule has 1 aliphatic rings. The van der Waals surface area contributed by atoms with Gasteiger partial charge in [0.2, 0.25) is 0 Å². The summed E-state index contributed by atoms with van der Waals surface area (Å²) in [6.45, 7) is 2.82. The molecule has 0 spiro atoms. The number of ether oxygens (including phenoxy) is 2. The number of carbonyl (C=O) groups excluding carboxylic acids is 1. The zero-order valence-corrected chi connectivity index (χ0v) is 14.1. The normalized spacial score (nSPS) is 18.8. The Labute approximate surface area is 143 Å². The Bertz CT molecular complexity index is 643. The second-order valence-corrected chi connectivity index (χ2v) is 6.17. The minimum absolute atomic E-state index is 0.118. The predicted molar refractivity (Wildman–Crippen MR) is 94.5 cm³/mol. The van der Waals surface area contributed by atoms with Gasteiger partial charge in [-0.1, -0.05) is 49.4 Å². The Morgan fingerprint density at radius 1 is 1.12 bits per heavy atom. The second kappa shape index (κ2) is 8.11. The molecule has 2 aromatic rings. The molecule has 126 valence electrons. The first-order chi connectivity index (χ1) is 11.8. The summed E-state index contributed by atoms with van der Waals surface area (Å²) in [6.07, 6.45) is 3.83. The fourth-order valence-electron chi connectivity index (χ4n) is 3.11. The summed E-state index contributed by atoms with van der Waals surface area (Å²) in [4.78, 5) is 12.7. The van der Waals surface area contributed by atoms with Crippen molar-refractivity contribution in [2.45, 2.75) is 44.8 Å². The molecule has 0 aliphatic carbocycles. The number of ketones is 1. The van der Waals surface area contributed by atoms with Crippen LogP contribution in [-0.2, 0) is 4.74 Å². The molecule has 3 heteroatoms. The van der Waals surface area contributed by atoms with Crippen molar-refractivity contribution in [3.63, 3.8) is 0 Å². The lowest BCUT2D eigenvalue weighted by Crippen LogP contribution is -2.24. The van der Waals surface area contributed by atoms with Gasteiger partial charge in [-0.3, -0.25) is 4.79 Å². The Morgan fingerprint density at radius 3 is 2.50 bits per heavy atom. The van der Waals surface area contributed by atoms with Crippen LogP contribution in [0.2, 0.25) is 0 Å². The van der Waals surface area contributed by atoms with E-state index in [1.807, 2.05) is 61.5 Å². The van der Waals surface area contributed by atoms with Crippen molar-refractivity contribution < 1.29 is 14.3 Å². The van der Waals surface area contributed by atoms with Crippen LogP contribution in [0.4, 0.5) is 0 Å². The highest BCUT2D eigenvalue weighted by Crippen LogP contribution is 2.27. The molecular weight excluding hydrogens is 300 g/mol. The van der Waals surface area contributed by atoms with Crippen LogP contribution >= 0.6 is 0 Å². The topological polar surface area (TPSA) is 35.5 Å². The molecule has 0 saturated carbocycles. The number of rotatable bonds is 6. The predicted octanol–water partition coefficient (Wildman–Crippen LogP) is 4.97. The maximum absolute atomic E-state index is 12.7. The van der Waals surface area contributed by atoms with E-state index in [2.05, 4.69) is 0 Å². The van der Waals surface area contributed by atoms with E-state index in [-0.39, 0.29) is 18.0 Å². The van der Waals surface area contributed by atoms with Crippen LogP contribution in [0, 0.1) is 0 Å². The molecule has 24 heavy (non-hydrogen) atoms. The summed E-state index contributed by atoms with van der Waals surface area (Å²) < 4.78 is 11.5. The summed E-state index contributed by atoms with van der Waals surface area (Å²) in [5, 5.41) is 0. The smallest absolute Gasteiger partial charge is 0.199 e. The Hall–Kier alpha value is -2.13. The minimum Gasteiger partial charge on any atom is -0.465 e. The largest absolute Gasteiger partial charge is 0.465 e. The first kappa shape index (κ1) is 16.7. The Balaban J connectivity index is 1.69. The van der Waals surface area contributed by atoms with Crippen molar-refractivity contribution in [2.75, 3.05) is 6.61 Å². The summed E-state index contributed by atoms with van der Waals surface area (Å²) in [5.41, 5.74) is 1.79. The fourth-order valence-corrected chi connectivity index (χ4v) is 3.11. The van der Waals surface area contributed by atoms with Gasteiger partial charge in [-0.25, -0.2) is 0 Å². The molecule has 0 N–H and O–H groups in total. The van der Waals surface area contributed by atoms with Gasteiger partial charge < -0.3 is 9.47 Å². The monoisotopic (exact) mass is 324 g/mol. The van der Waals surface area contributed by atoms with E-state index in [9.17, 15) is 4.79 Å². The van der Waals surface area contributed by atoms with E-state index >= 15 is 0 Å².